The maximum Gasteiger partial charge on any atom is 0.0541 e. The van der Waals surface area contributed by atoms with Gasteiger partial charge in [0.1, 0.15) is 0 Å². The lowest BCUT2D eigenvalue weighted by Gasteiger charge is -2.24. The van der Waals surface area contributed by atoms with Crippen molar-refractivity contribution in [2.75, 3.05) is 0 Å². The molecule has 0 fully saturated rings. The van der Waals surface area contributed by atoms with E-state index in [1.807, 2.05) is 0 Å². The van der Waals surface area contributed by atoms with Crippen molar-refractivity contribution in [1.29, 1.82) is 0 Å². The molecule has 0 spiro atoms. The second-order valence-corrected chi connectivity index (χ2v) is 25.3. The van der Waals surface area contributed by atoms with Crippen LogP contribution in [0.4, 0.5) is 0 Å². The Morgan fingerprint density at radius 3 is 0.803 bits per heavy atom. The smallest absolute Gasteiger partial charge is 0.0541 e. The second-order valence-electron chi connectivity index (χ2n) is 25.3. The van der Waals surface area contributed by atoms with Gasteiger partial charge in [-0.15, -0.1) is 0 Å². The Labute approximate surface area is 393 Å². The van der Waals surface area contributed by atoms with Gasteiger partial charge in [-0.25, -0.2) is 0 Å². The lowest BCUT2D eigenvalue weighted by Crippen LogP contribution is -2.17. The van der Waals surface area contributed by atoms with Gasteiger partial charge in [0, 0.05) is 43.7 Å². The van der Waals surface area contributed by atoms with E-state index in [0.29, 0.717) is 0 Å². The Hall–Kier alpha value is -5.86. The van der Waals surface area contributed by atoms with Crippen molar-refractivity contribution in [3.05, 3.63) is 166 Å². The molecule has 0 saturated carbocycles. The first-order chi connectivity index (χ1) is 30.7. The zero-order chi connectivity index (χ0) is 47.0. The third-order valence-electron chi connectivity index (χ3n) is 15.9. The van der Waals surface area contributed by atoms with Crippen LogP contribution < -0.4 is 0 Å². The molecule has 0 amide bonds. The van der Waals surface area contributed by atoms with E-state index in [0.717, 1.165) is 0 Å². The van der Waals surface area contributed by atoms with Crippen molar-refractivity contribution < 1.29 is 0 Å². The van der Waals surface area contributed by atoms with Crippen LogP contribution in [0.1, 0.15) is 155 Å². The molecule has 2 aliphatic carbocycles. The molecule has 11 rings (SSSR count). The van der Waals surface area contributed by atoms with Crippen molar-refractivity contribution >= 4 is 43.6 Å². The van der Waals surface area contributed by atoms with Gasteiger partial charge >= 0.3 is 0 Å². The number of nitrogens with zero attached hydrogens (tertiary/aromatic N) is 2. The van der Waals surface area contributed by atoms with E-state index in [9.17, 15) is 0 Å². The number of fused-ring (bicyclic) bond motifs is 12. The summed E-state index contributed by atoms with van der Waals surface area (Å²) in [6, 6.07) is 48.3. The zero-order valence-electron chi connectivity index (χ0n) is 42.4. The summed E-state index contributed by atoms with van der Waals surface area (Å²) in [5, 5.41) is 5.31. The number of benzene rings is 7. The summed E-state index contributed by atoms with van der Waals surface area (Å²) < 4.78 is 5.04. The predicted molar refractivity (Wildman–Crippen MR) is 285 cm³/mol. The maximum atomic E-state index is 2.56. The third kappa shape index (κ3) is 6.12. The first-order valence-electron chi connectivity index (χ1n) is 24.4. The van der Waals surface area contributed by atoms with Crippen LogP contribution in [0.5, 0.6) is 0 Å². The highest BCUT2D eigenvalue weighted by Crippen LogP contribution is 2.57. The molecule has 0 N–H and O–H groups in total. The Balaban J connectivity index is 1.03. The monoisotopic (exact) mass is 865 g/mol. The average Bonchev–Trinajstić information content (AvgIpc) is 3.89. The lowest BCUT2D eigenvalue weighted by molar-refractivity contribution is 0.590. The average molecular weight is 865 g/mol. The number of aromatic nitrogens is 2. The highest BCUT2D eigenvalue weighted by molar-refractivity contribution is 6.11. The predicted octanol–water partition coefficient (Wildman–Crippen LogP) is 17.7. The summed E-state index contributed by atoms with van der Waals surface area (Å²) in [6.07, 6.45) is 0. The molecule has 0 aliphatic heterocycles. The molecule has 2 heterocycles. The van der Waals surface area contributed by atoms with Crippen LogP contribution in [0.15, 0.2) is 121 Å². The largest absolute Gasteiger partial charge is 0.309 e. The van der Waals surface area contributed by atoms with Gasteiger partial charge in [-0.05, 0) is 173 Å². The van der Waals surface area contributed by atoms with Gasteiger partial charge in [0.2, 0.25) is 0 Å². The van der Waals surface area contributed by atoms with E-state index in [4.69, 9.17) is 0 Å². The van der Waals surface area contributed by atoms with Gasteiger partial charge in [-0.1, -0.05) is 147 Å². The summed E-state index contributed by atoms with van der Waals surface area (Å²) >= 11 is 0. The van der Waals surface area contributed by atoms with Gasteiger partial charge in [-0.2, -0.15) is 0 Å². The fourth-order valence-electron chi connectivity index (χ4n) is 11.7. The molecule has 7 aromatic carbocycles. The molecule has 2 aromatic heterocycles. The molecular formula is C64H68N2. The van der Waals surface area contributed by atoms with Crippen molar-refractivity contribution in [2.45, 2.75) is 143 Å². The zero-order valence-corrected chi connectivity index (χ0v) is 42.4. The van der Waals surface area contributed by atoms with E-state index in [1.54, 1.807) is 0 Å². The molecule has 0 unspecified atom stereocenters. The van der Waals surface area contributed by atoms with Crippen LogP contribution in [-0.4, -0.2) is 9.13 Å². The van der Waals surface area contributed by atoms with Crippen LogP contribution in [0.25, 0.3) is 77.2 Å². The van der Waals surface area contributed by atoms with E-state index in [2.05, 4.69) is 241 Å². The Morgan fingerprint density at radius 1 is 0.288 bits per heavy atom. The minimum atomic E-state index is -0.180. The topological polar surface area (TPSA) is 9.86 Å². The van der Waals surface area contributed by atoms with Crippen molar-refractivity contribution in [3.8, 4) is 33.6 Å². The maximum absolute atomic E-state index is 2.56. The van der Waals surface area contributed by atoms with E-state index in [-0.39, 0.29) is 32.5 Å². The summed E-state index contributed by atoms with van der Waals surface area (Å²) in [5.41, 5.74) is 23.9. The summed E-state index contributed by atoms with van der Waals surface area (Å²) in [5.74, 6) is 0. The van der Waals surface area contributed by atoms with E-state index < -0.39 is 0 Å². The fraction of sp³-hybridized carbons (Fsp3) is 0.344. The summed E-state index contributed by atoms with van der Waals surface area (Å²) in [6.45, 7) is 37.6. The molecule has 2 heteroatoms. The number of hydrogen-bond acceptors (Lipinski definition) is 0. The van der Waals surface area contributed by atoms with Gasteiger partial charge < -0.3 is 9.13 Å². The SMILES string of the molecule is CC(C)(C)c1ccc2c(c1)c1cc(C(C)(C)C)ccc1n2-c1ccc2c(c1)C(C)(C)c1cc3c(cc1-2)C(C)(C)c1cc(-n2c4ccc(C(C)(C)C)cc4c4cc(C(C)(C)C)ccc42)ccc1-3. The molecule has 9 aromatic rings. The highest BCUT2D eigenvalue weighted by Gasteiger charge is 2.42. The quantitative estimate of drug-likeness (QED) is 0.164. The molecule has 334 valence electrons. The van der Waals surface area contributed by atoms with Crippen LogP contribution in [0.3, 0.4) is 0 Å². The first-order valence-corrected chi connectivity index (χ1v) is 24.4. The lowest BCUT2D eigenvalue weighted by atomic mass is 9.79. The molecule has 0 radical (unpaired) electrons. The Kier molecular flexibility index (Phi) is 8.68. The van der Waals surface area contributed by atoms with Crippen molar-refractivity contribution in [1.82, 2.24) is 9.13 Å². The molecule has 2 nitrogen and oxygen atoms in total. The summed E-state index contributed by atoms with van der Waals surface area (Å²) in [4.78, 5) is 0. The molecular weight excluding hydrogens is 797 g/mol. The minimum Gasteiger partial charge on any atom is -0.309 e. The van der Waals surface area contributed by atoms with Gasteiger partial charge in [0.25, 0.3) is 0 Å². The van der Waals surface area contributed by atoms with E-state index in [1.165, 1.54) is 122 Å². The number of rotatable bonds is 2. The van der Waals surface area contributed by atoms with Gasteiger partial charge in [-0.3, -0.25) is 0 Å². The molecule has 0 bridgehead atoms. The van der Waals surface area contributed by atoms with E-state index >= 15 is 0 Å². The Bertz CT molecular complexity index is 3170. The highest BCUT2D eigenvalue weighted by atomic mass is 15.0. The van der Waals surface area contributed by atoms with Crippen LogP contribution in [0.2, 0.25) is 0 Å². The molecule has 0 saturated heterocycles. The van der Waals surface area contributed by atoms with Crippen molar-refractivity contribution in [3.63, 3.8) is 0 Å². The fourth-order valence-corrected chi connectivity index (χ4v) is 11.7. The third-order valence-corrected chi connectivity index (χ3v) is 15.9. The van der Waals surface area contributed by atoms with Crippen molar-refractivity contribution in [2.24, 2.45) is 0 Å². The summed E-state index contributed by atoms with van der Waals surface area (Å²) in [7, 11) is 0. The van der Waals surface area contributed by atoms with Crippen LogP contribution in [-0.2, 0) is 32.5 Å². The first kappa shape index (κ1) is 42.8. The molecule has 0 atom stereocenters. The molecule has 66 heavy (non-hydrogen) atoms. The number of hydrogen-bond donors (Lipinski definition) is 0. The molecule has 2 aliphatic rings. The minimum absolute atomic E-state index is 0.0607. The van der Waals surface area contributed by atoms with Crippen LogP contribution >= 0.6 is 0 Å². The normalized spacial score (nSPS) is 15.5. The van der Waals surface area contributed by atoms with Crippen LogP contribution in [0, 0.1) is 0 Å². The Morgan fingerprint density at radius 2 is 0.545 bits per heavy atom. The van der Waals surface area contributed by atoms with Gasteiger partial charge in [0.05, 0.1) is 22.1 Å². The van der Waals surface area contributed by atoms with Gasteiger partial charge in [0.15, 0.2) is 0 Å². The standard InChI is InChI=1S/C64H68N2/c1-59(2,3)37-17-25-55-47(29-37)48-30-38(60(4,5)6)18-26-56(48)65(55)41-21-23-43-45-35-54-46(36-53(45)63(13,14)51(43)33-41)44-24-22-42(34-52(44)64(54,15)16)66-57-27-19-39(61(7,8)9)31-49(57)50-32-40(62(10,11)12)20-28-58(50)66/h17-36H,1-16H3. The second kappa shape index (κ2) is 13.4.